The fraction of sp³-hybridized carbons (Fsp3) is 0.310. The molecule has 1 aliphatic rings. The van der Waals surface area contributed by atoms with Crippen molar-refractivity contribution >= 4 is 22.7 Å². The van der Waals surface area contributed by atoms with E-state index < -0.39 is 0 Å². The first-order valence-electron chi connectivity index (χ1n) is 12.2. The van der Waals surface area contributed by atoms with Crippen molar-refractivity contribution < 1.29 is 18.7 Å². The number of amides is 1. The molecule has 37 heavy (non-hydrogen) atoms. The number of carbonyl (C=O) groups excluding carboxylic acids is 1. The summed E-state index contributed by atoms with van der Waals surface area (Å²) in [7, 11) is 3.42. The lowest BCUT2D eigenvalue weighted by Gasteiger charge is -2.24. The molecule has 4 heterocycles. The van der Waals surface area contributed by atoms with Gasteiger partial charge in [-0.2, -0.15) is 0 Å². The van der Waals surface area contributed by atoms with E-state index in [4.69, 9.17) is 20.5 Å². The standard InChI is InChI=1S/C29H28N4O4/c1-17-12-20(29(34)33(4)5)16-32-27(17)25-14-23-28(37-25)26(18(2)15-31-23)19-6-7-24(22(13-19)30-3)36-21-8-10-35-11-9-21/h6-7,12-16,21H,8-11H2,1-2,4-5H3. The second-order valence-corrected chi connectivity index (χ2v) is 9.45. The minimum absolute atomic E-state index is 0.0530. The number of furan rings is 1. The molecule has 1 saturated heterocycles. The maximum atomic E-state index is 12.3. The molecule has 0 spiro atoms. The van der Waals surface area contributed by atoms with Crippen molar-refractivity contribution in [2.75, 3.05) is 27.3 Å². The van der Waals surface area contributed by atoms with E-state index in [2.05, 4.69) is 14.8 Å². The van der Waals surface area contributed by atoms with Crippen LogP contribution < -0.4 is 4.74 Å². The van der Waals surface area contributed by atoms with Gasteiger partial charge in [0.2, 0.25) is 5.69 Å². The number of carbonyl (C=O) groups is 1. The van der Waals surface area contributed by atoms with Crippen LogP contribution in [0.25, 0.3) is 38.5 Å². The van der Waals surface area contributed by atoms with Crippen molar-refractivity contribution in [1.29, 1.82) is 0 Å². The summed E-state index contributed by atoms with van der Waals surface area (Å²) in [4.78, 5) is 26.7. The van der Waals surface area contributed by atoms with Crippen LogP contribution in [0.1, 0.15) is 34.3 Å². The summed E-state index contributed by atoms with van der Waals surface area (Å²) in [6, 6.07) is 9.34. The number of fused-ring (bicyclic) bond motifs is 1. The Bertz CT molecular complexity index is 1530. The Kier molecular flexibility index (Phi) is 6.64. The van der Waals surface area contributed by atoms with E-state index >= 15 is 0 Å². The second kappa shape index (κ2) is 10.0. The number of ether oxygens (including phenoxy) is 2. The van der Waals surface area contributed by atoms with Crippen molar-refractivity contribution in [3.63, 3.8) is 0 Å². The molecule has 0 unspecified atom stereocenters. The number of hydrogen-bond acceptors (Lipinski definition) is 6. The van der Waals surface area contributed by atoms with Crippen LogP contribution in [0.5, 0.6) is 5.75 Å². The molecule has 0 N–H and O–H groups in total. The van der Waals surface area contributed by atoms with E-state index in [9.17, 15) is 4.79 Å². The third-order valence-electron chi connectivity index (χ3n) is 6.53. The van der Waals surface area contributed by atoms with E-state index in [1.54, 1.807) is 26.5 Å². The smallest absolute Gasteiger partial charge is 0.254 e. The van der Waals surface area contributed by atoms with Crippen LogP contribution in [-0.2, 0) is 4.74 Å². The summed E-state index contributed by atoms with van der Waals surface area (Å²) in [5.74, 6) is 1.05. The molecule has 5 rings (SSSR count). The molecule has 1 aromatic carbocycles. The van der Waals surface area contributed by atoms with Gasteiger partial charge < -0.3 is 18.8 Å². The zero-order valence-corrected chi connectivity index (χ0v) is 21.4. The van der Waals surface area contributed by atoms with Crippen molar-refractivity contribution in [2.45, 2.75) is 32.8 Å². The molecule has 0 radical (unpaired) electrons. The summed E-state index contributed by atoms with van der Waals surface area (Å²) in [5, 5.41) is 0. The highest BCUT2D eigenvalue weighted by atomic mass is 16.5. The van der Waals surface area contributed by atoms with Crippen molar-refractivity contribution in [1.82, 2.24) is 14.9 Å². The molecule has 1 aliphatic heterocycles. The second-order valence-electron chi connectivity index (χ2n) is 9.45. The predicted octanol–water partition coefficient (Wildman–Crippen LogP) is 5.98. The van der Waals surface area contributed by atoms with Crippen LogP contribution in [-0.4, -0.2) is 54.2 Å². The zero-order chi connectivity index (χ0) is 26.1. The number of pyridine rings is 2. The Balaban J connectivity index is 1.53. The van der Waals surface area contributed by atoms with Gasteiger partial charge in [-0.05, 0) is 48.7 Å². The molecule has 0 aliphatic carbocycles. The van der Waals surface area contributed by atoms with Crippen LogP contribution in [0.3, 0.4) is 0 Å². The average Bonchev–Trinajstić information content (AvgIpc) is 3.33. The highest BCUT2D eigenvalue weighted by Gasteiger charge is 2.21. The van der Waals surface area contributed by atoms with Gasteiger partial charge in [-0.1, -0.05) is 6.07 Å². The number of aryl methyl sites for hydroxylation is 2. The molecule has 8 nitrogen and oxygen atoms in total. The van der Waals surface area contributed by atoms with Gasteiger partial charge in [0.1, 0.15) is 23.1 Å². The van der Waals surface area contributed by atoms with Crippen LogP contribution in [0.2, 0.25) is 0 Å². The molecule has 1 fully saturated rings. The molecule has 3 aromatic heterocycles. The van der Waals surface area contributed by atoms with Gasteiger partial charge >= 0.3 is 0 Å². The van der Waals surface area contributed by atoms with Crippen molar-refractivity contribution in [3.05, 3.63) is 70.8 Å². The lowest BCUT2D eigenvalue weighted by Crippen LogP contribution is -2.25. The first kappa shape index (κ1) is 24.5. The molecule has 188 valence electrons. The molecule has 4 aromatic rings. The SMILES string of the molecule is [C-]#[N+]c1cc(-c2c(C)cnc3cc(-c4ncc(C(=O)N(C)C)cc4C)oc23)ccc1OC1CCOCC1. The maximum absolute atomic E-state index is 12.3. The van der Waals surface area contributed by atoms with Gasteiger partial charge in [0.15, 0.2) is 11.3 Å². The Morgan fingerprint density at radius 1 is 1.08 bits per heavy atom. The molecular weight excluding hydrogens is 468 g/mol. The van der Waals surface area contributed by atoms with E-state index in [0.29, 0.717) is 52.8 Å². The fourth-order valence-electron chi connectivity index (χ4n) is 4.58. The third-order valence-corrected chi connectivity index (χ3v) is 6.53. The topological polar surface area (TPSA) is 82.1 Å². The summed E-state index contributed by atoms with van der Waals surface area (Å²) >= 11 is 0. The third kappa shape index (κ3) is 4.78. The van der Waals surface area contributed by atoms with E-state index in [-0.39, 0.29) is 12.0 Å². The Morgan fingerprint density at radius 3 is 2.57 bits per heavy atom. The molecule has 0 atom stereocenters. The van der Waals surface area contributed by atoms with Crippen molar-refractivity contribution in [3.8, 4) is 28.3 Å². The number of rotatable bonds is 5. The fourth-order valence-corrected chi connectivity index (χ4v) is 4.58. The van der Waals surface area contributed by atoms with E-state index in [1.165, 1.54) is 4.90 Å². The minimum Gasteiger partial charge on any atom is -0.501 e. The van der Waals surface area contributed by atoms with Crippen LogP contribution in [0.15, 0.2) is 47.1 Å². The lowest BCUT2D eigenvalue weighted by molar-refractivity contribution is 0.0259. The number of hydrogen-bond donors (Lipinski definition) is 0. The summed E-state index contributed by atoms with van der Waals surface area (Å²) < 4.78 is 17.9. The summed E-state index contributed by atoms with van der Waals surface area (Å²) in [6.07, 6.45) is 5.06. The highest BCUT2D eigenvalue weighted by Crippen LogP contribution is 2.40. The quantitative estimate of drug-likeness (QED) is 0.316. The Hall–Kier alpha value is -4.22. The van der Waals surface area contributed by atoms with Gasteiger partial charge in [0.05, 0.1) is 25.3 Å². The molecule has 0 saturated carbocycles. The predicted molar refractivity (Wildman–Crippen MR) is 141 cm³/mol. The number of aromatic nitrogens is 2. The Morgan fingerprint density at radius 2 is 1.86 bits per heavy atom. The summed E-state index contributed by atoms with van der Waals surface area (Å²) in [5.41, 5.74) is 6.43. The largest absolute Gasteiger partial charge is 0.501 e. The zero-order valence-electron chi connectivity index (χ0n) is 21.4. The highest BCUT2D eigenvalue weighted by molar-refractivity contribution is 5.96. The van der Waals surface area contributed by atoms with Crippen LogP contribution in [0.4, 0.5) is 5.69 Å². The molecule has 1 amide bonds. The van der Waals surface area contributed by atoms with E-state index in [1.807, 2.05) is 44.2 Å². The Labute approximate surface area is 215 Å². The van der Waals surface area contributed by atoms with Crippen molar-refractivity contribution in [2.24, 2.45) is 0 Å². The lowest BCUT2D eigenvalue weighted by atomic mass is 10.0. The molecule has 8 heteroatoms. The van der Waals surface area contributed by atoms with Gasteiger partial charge in [-0.3, -0.25) is 14.8 Å². The maximum Gasteiger partial charge on any atom is 0.254 e. The van der Waals surface area contributed by atoms with Gasteiger partial charge in [0.25, 0.3) is 5.91 Å². The summed E-state index contributed by atoms with van der Waals surface area (Å²) in [6.45, 7) is 13.0. The first-order valence-corrected chi connectivity index (χ1v) is 12.2. The van der Waals surface area contributed by atoms with Crippen LogP contribution >= 0.6 is 0 Å². The molecule has 0 bridgehead atoms. The normalized spacial score (nSPS) is 13.9. The first-order chi connectivity index (χ1) is 17.9. The monoisotopic (exact) mass is 496 g/mol. The molecular formula is C29H28N4O4. The van der Waals surface area contributed by atoms with Crippen LogP contribution in [0, 0.1) is 20.4 Å². The average molecular weight is 497 g/mol. The van der Waals surface area contributed by atoms with E-state index in [0.717, 1.165) is 35.1 Å². The van der Waals surface area contributed by atoms with Gasteiger partial charge in [-0.15, -0.1) is 0 Å². The van der Waals surface area contributed by atoms with Gasteiger partial charge in [0, 0.05) is 51.0 Å². The minimum atomic E-state index is -0.105. The van der Waals surface area contributed by atoms with Gasteiger partial charge in [-0.25, -0.2) is 4.85 Å². The number of benzene rings is 1. The number of nitrogens with zero attached hydrogens (tertiary/aromatic N) is 4.